The number of nitrogens with one attached hydrogen (secondary N) is 1. The molecule has 0 aliphatic heterocycles. The molecule has 0 amide bonds. The number of fused-ring (bicyclic) bond motifs is 1. The molecule has 1 N–H and O–H groups in total. The van der Waals surface area contributed by atoms with Crippen LogP contribution in [0.1, 0.15) is 11.4 Å². The van der Waals surface area contributed by atoms with Crippen molar-refractivity contribution in [3.8, 4) is 0 Å². The standard InChI is InChI=1S/C11H10N4O4S/c1-7-11(14-19-12-7)15-20(16,17)6-9-8-4-2-3-5-10(8)18-13-9/h2-5H,6H2,1H3,(H,14,15). The Morgan fingerprint density at radius 1 is 1.20 bits per heavy atom. The van der Waals surface area contributed by atoms with Gasteiger partial charge in [-0.1, -0.05) is 22.4 Å². The van der Waals surface area contributed by atoms with Crippen LogP contribution < -0.4 is 4.72 Å². The first kappa shape index (κ1) is 12.6. The summed E-state index contributed by atoms with van der Waals surface area (Å²) in [4.78, 5) is 0. The lowest BCUT2D eigenvalue weighted by molar-refractivity contribution is 0.306. The summed E-state index contributed by atoms with van der Waals surface area (Å²) in [5.74, 6) is -0.256. The maximum atomic E-state index is 12.1. The van der Waals surface area contributed by atoms with Crippen LogP contribution in [0.25, 0.3) is 11.0 Å². The molecule has 9 heteroatoms. The van der Waals surface area contributed by atoms with Gasteiger partial charge in [-0.2, -0.15) is 0 Å². The second-order valence-corrected chi connectivity index (χ2v) is 5.91. The topological polar surface area (TPSA) is 111 Å². The van der Waals surface area contributed by atoms with Crippen molar-refractivity contribution >= 4 is 26.8 Å². The van der Waals surface area contributed by atoms with Gasteiger partial charge < -0.3 is 4.52 Å². The molecule has 0 radical (unpaired) electrons. The van der Waals surface area contributed by atoms with E-state index in [9.17, 15) is 8.42 Å². The highest BCUT2D eigenvalue weighted by atomic mass is 32.2. The Hall–Kier alpha value is -2.42. The predicted molar refractivity (Wildman–Crippen MR) is 69.3 cm³/mol. The molecule has 3 rings (SSSR count). The maximum Gasteiger partial charge on any atom is 0.239 e. The summed E-state index contributed by atoms with van der Waals surface area (Å²) in [6.45, 7) is 1.58. The van der Waals surface area contributed by atoms with E-state index in [0.717, 1.165) is 0 Å². The van der Waals surface area contributed by atoms with Gasteiger partial charge in [0.05, 0.1) is 0 Å². The van der Waals surface area contributed by atoms with Gasteiger partial charge in [0.15, 0.2) is 5.58 Å². The van der Waals surface area contributed by atoms with Crippen molar-refractivity contribution in [2.75, 3.05) is 4.72 Å². The first-order valence-electron chi connectivity index (χ1n) is 5.68. The van der Waals surface area contributed by atoms with Gasteiger partial charge in [-0.25, -0.2) is 13.0 Å². The summed E-state index contributed by atoms with van der Waals surface area (Å²) in [7, 11) is -3.68. The van der Waals surface area contributed by atoms with Crippen LogP contribution >= 0.6 is 0 Å². The molecular weight excluding hydrogens is 284 g/mol. The number of aryl methyl sites for hydroxylation is 1. The van der Waals surface area contributed by atoms with Crippen molar-refractivity contribution < 1.29 is 17.6 Å². The van der Waals surface area contributed by atoms with E-state index >= 15 is 0 Å². The van der Waals surface area contributed by atoms with E-state index in [1.807, 2.05) is 0 Å². The lowest BCUT2D eigenvalue weighted by Gasteiger charge is -2.02. The molecular formula is C11H10N4O4S. The number of para-hydroxylation sites is 1. The summed E-state index contributed by atoms with van der Waals surface area (Å²) in [6, 6.07) is 7.04. The fourth-order valence-corrected chi connectivity index (χ4v) is 2.85. The van der Waals surface area contributed by atoms with Gasteiger partial charge in [-0.05, 0) is 24.2 Å². The molecule has 2 heterocycles. The van der Waals surface area contributed by atoms with Crippen molar-refractivity contribution in [2.45, 2.75) is 12.7 Å². The van der Waals surface area contributed by atoms with Crippen LogP contribution in [0, 0.1) is 6.92 Å². The zero-order valence-electron chi connectivity index (χ0n) is 10.4. The Morgan fingerprint density at radius 3 is 2.75 bits per heavy atom. The molecule has 2 aromatic heterocycles. The zero-order chi connectivity index (χ0) is 14.2. The highest BCUT2D eigenvalue weighted by molar-refractivity contribution is 7.91. The lowest BCUT2D eigenvalue weighted by atomic mass is 10.2. The van der Waals surface area contributed by atoms with E-state index in [-0.39, 0.29) is 11.6 Å². The highest BCUT2D eigenvalue weighted by Gasteiger charge is 2.20. The number of rotatable bonds is 4. The Labute approximate surface area is 113 Å². The van der Waals surface area contributed by atoms with Gasteiger partial charge in [-0.15, -0.1) is 0 Å². The van der Waals surface area contributed by atoms with E-state index in [1.54, 1.807) is 31.2 Å². The molecule has 0 spiro atoms. The molecule has 0 saturated heterocycles. The van der Waals surface area contributed by atoms with Crippen molar-refractivity contribution in [2.24, 2.45) is 0 Å². The van der Waals surface area contributed by atoms with Crippen molar-refractivity contribution in [3.63, 3.8) is 0 Å². The van der Waals surface area contributed by atoms with Gasteiger partial charge in [0.25, 0.3) is 0 Å². The minimum atomic E-state index is -3.68. The normalized spacial score (nSPS) is 11.8. The van der Waals surface area contributed by atoms with Crippen LogP contribution in [-0.4, -0.2) is 23.9 Å². The van der Waals surface area contributed by atoms with Crippen LogP contribution in [0.3, 0.4) is 0 Å². The largest absolute Gasteiger partial charge is 0.356 e. The van der Waals surface area contributed by atoms with Crippen LogP contribution in [0.5, 0.6) is 0 Å². The summed E-state index contributed by atoms with van der Waals surface area (Å²) >= 11 is 0. The molecule has 0 aliphatic rings. The average Bonchev–Trinajstić information content (AvgIpc) is 2.97. The van der Waals surface area contributed by atoms with Crippen molar-refractivity contribution in [1.82, 2.24) is 15.5 Å². The third kappa shape index (κ3) is 2.35. The molecule has 20 heavy (non-hydrogen) atoms. The number of hydrogen-bond donors (Lipinski definition) is 1. The number of nitrogens with zero attached hydrogens (tertiary/aromatic N) is 3. The number of anilines is 1. The summed E-state index contributed by atoms with van der Waals surface area (Å²) in [6.07, 6.45) is 0. The van der Waals surface area contributed by atoms with E-state index in [2.05, 4.69) is 24.8 Å². The first-order chi connectivity index (χ1) is 9.55. The Kier molecular flexibility index (Phi) is 2.90. The first-order valence-corrected chi connectivity index (χ1v) is 7.33. The SMILES string of the molecule is Cc1nonc1NS(=O)(=O)Cc1noc2ccccc12. The summed E-state index contributed by atoms with van der Waals surface area (Å²) in [5, 5.41) is 11.4. The molecule has 0 unspecified atom stereocenters. The zero-order valence-corrected chi connectivity index (χ0v) is 11.2. The number of sulfonamides is 1. The minimum absolute atomic E-state index is 0.0674. The molecule has 3 aromatic rings. The second kappa shape index (κ2) is 4.60. The van der Waals surface area contributed by atoms with Crippen LogP contribution in [-0.2, 0) is 15.8 Å². The quantitative estimate of drug-likeness (QED) is 0.775. The number of hydrogen-bond acceptors (Lipinski definition) is 7. The predicted octanol–water partition coefficient (Wildman–Crippen LogP) is 1.46. The fourth-order valence-electron chi connectivity index (χ4n) is 1.73. The van der Waals surface area contributed by atoms with Crippen LogP contribution in [0.2, 0.25) is 0 Å². The van der Waals surface area contributed by atoms with Crippen LogP contribution in [0.4, 0.5) is 5.82 Å². The van der Waals surface area contributed by atoms with Crippen molar-refractivity contribution in [1.29, 1.82) is 0 Å². The van der Waals surface area contributed by atoms with Gasteiger partial charge in [0.2, 0.25) is 15.8 Å². The van der Waals surface area contributed by atoms with E-state index < -0.39 is 10.0 Å². The summed E-state index contributed by atoms with van der Waals surface area (Å²) < 4.78 is 35.9. The Bertz CT molecular complexity index is 852. The Balaban J connectivity index is 1.88. The van der Waals surface area contributed by atoms with Crippen molar-refractivity contribution in [3.05, 3.63) is 35.7 Å². The van der Waals surface area contributed by atoms with E-state index in [1.165, 1.54) is 0 Å². The molecule has 0 fully saturated rings. The lowest BCUT2D eigenvalue weighted by Crippen LogP contribution is -2.16. The monoisotopic (exact) mass is 294 g/mol. The molecule has 0 saturated carbocycles. The fraction of sp³-hybridized carbons (Fsp3) is 0.182. The number of benzene rings is 1. The third-order valence-electron chi connectivity index (χ3n) is 2.68. The van der Waals surface area contributed by atoms with Gasteiger partial charge >= 0.3 is 0 Å². The molecule has 0 atom stereocenters. The van der Waals surface area contributed by atoms with Gasteiger partial charge in [0.1, 0.15) is 17.1 Å². The van der Waals surface area contributed by atoms with Gasteiger partial charge in [-0.3, -0.25) is 4.72 Å². The molecule has 0 aliphatic carbocycles. The molecule has 0 bridgehead atoms. The van der Waals surface area contributed by atoms with Gasteiger partial charge in [0, 0.05) is 5.39 Å². The molecule has 8 nitrogen and oxygen atoms in total. The second-order valence-electron chi connectivity index (χ2n) is 4.18. The minimum Gasteiger partial charge on any atom is -0.356 e. The summed E-state index contributed by atoms with van der Waals surface area (Å²) in [5.41, 5.74) is 1.23. The van der Waals surface area contributed by atoms with E-state index in [4.69, 9.17) is 4.52 Å². The third-order valence-corrected chi connectivity index (χ3v) is 3.84. The average molecular weight is 294 g/mol. The highest BCUT2D eigenvalue weighted by Crippen LogP contribution is 2.20. The Morgan fingerprint density at radius 2 is 2.00 bits per heavy atom. The smallest absolute Gasteiger partial charge is 0.239 e. The molecule has 104 valence electrons. The maximum absolute atomic E-state index is 12.1. The van der Waals surface area contributed by atoms with E-state index in [0.29, 0.717) is 22.4 Å². The van der Waals surface area contributed by atoms with Crippen LogP contribution in [0.15, 0.2) is 33.4 Å². The number of aromatic nitrogens is 3. The molecule has 1 aromatic carbocycles.